The summed E-state index contributed by atoms with van der Waals surface area (Å²) in [5.74, 6) is 1.25. The Hall–Kier alpha value is -1.98. The highest BCUT2D eigenvalue weighted by Gasteiger charge is 2.10. The van der Waals surface area contributed by atoms with E-state index >= 15 is 0 Å². The normalized spacial score (nSPS) is 14.6. The van der Waals surface area contributed by atoms with E-state index in [2.05, 4.69) is 42.3 Å². The molecule has 1 amide bonds. The summed E-state index contributed by atoms with van der Waals surface area (Å²) in [6, 6.07) is 14.0. The van der Waals surface area contributed by atoms with Crippen LogP contribution in [0.15, 0.2) is 47.4 Å². The van der Waals surface area contributed by atoms with E-state index in [1.165, 1.54) is 43.5 Å². The first-order chi connectivity index (χ1) is 13.6. The second-order valence-corrected chi connectivity index (χ2v) is 8.40. The van der Waals surface area contributed by atoms with E-state index in [0.29, 0.717) is 12.4 Å². The van der Waals surface area contributed by atoms with Gasteiger partial charge < -0.3 is 10.1 Å². The van der Waals surface area contributed by atoms with Crippen LogP contribution >= 0.6 is 11.8 Å². The van der Waals surface area contributed by atoms with Crippen molar-refractivity contribution in [2.45, 2.75) is 38.0 Å². The first-order valence-electron chi connectivity index (χ1n) is 10.1. The van der Waals surface area contributed by atoms with Gasteiger partial charge in [-0.1, -0.05) is 24.1 Å². The number of nitrogens with zero attached hydrogens (tertiary/aromatic N) is 1. The average molecular weight is 399 g/mol. The van der Waals surface area contributed by atoms with Crippen LogP contribution in [-0.2, 0) is 4.79 Å². The minimum atomic E-state index is 0.00433. The molecule has 1 aliphatic heterocycles. The molecule has 2 aromatic rings. The molecule has 3 rings (SSSR count). The fraction of sp³-hybridized carbons (Fsp3) is 0.435. The molecule has 5 heteroatoms. The van der Waals surface area contributed by atoms with Crippen molar-refractivity contribution < 1.29 is 9.53 Å². The molecule has 1 heterocycles. The van der Waals surface area contributed by atoms with Crippen LogP contribution in [0.25, 0.3) is 0 Å². The van der Waals surface area contributed by atoms with Crippen molar-refractivity contribution in [1.82, 2.24) is 4.90 Å². The Bertz CT molecular complexity index is 771. The number of carbonyl (C=O) groups excluding carboxylic acids is 1. The minimum Gasteiger partial charge on any atom is -0.492 e. The molecule has 0 bridgehead atoms. The second kappa shape index (κ2) is 10.5. The van der Waals surface area contributed by atoms with Gasteiger partial charge in [0.2, 0.25) is 5.91 Å². The van der Waals surface area contributed by atoms with Gasteiger partial charge in [-0.05, 0) is 75.7 Å². The number of likely N-dealkylation sites (tertiary alicyclic amines) is 1. The third-order valence-electron chi connectivity index (χ3n) is 4.97. The van der Waals surface area contributed by atoms with E-state index < -0.39 is 0 Å². The molecule has 0 radical (unpaired) electrons. The Morgan fingerprint density at radius 3 is 2.57 bits per heavy atom. The van der Waals surface area contributed by atoms with Crippen molar-refractivity contribution in [1.29, 1.82) is 0 Å². The molecule has 2 aromatic carbocycles. The SMILES string of the molecule is Cc1ccc(C)c(SCC(=O)Nc2ccc(OCCN3CCCCC3)cc2)c1. The number of carbonyl (C=O) groups is 1. The maximum Gasteiger partial charge on any atom is 0.234 e. The zero-order valence-corrected chi connectivity index (χ0v) is 17.7. The van der Waals surface area contributed by atoms with Crippen LogP contribution in [0.5, 0.6) is 5.75 Å². The first-order valence-corrected chi connectivity index (χ1v) is 11.0. The number of hydrogen-bond donors (Lipinski definition) is 1. The van der Waals surface area contributed by atoms with Crippen molar-refractivity contribution in [3.63, 3.8) is 0 Å². The number of thioether (sulfide) groups is 1. The molecule has 0 atom stereocenters. The Kier molecular flexibility index (Phi) is 7.80. The number of piperidine rings is 1. The predicted molar refractivity (Wildman–Crippen MR) is 117 cm³/mol. The monoisotopic (exact) mass is 398 g/mol. The van der Waals surface area contributed by atoms with E-state index in [-0.39, 0.29) is 5.91 Å². The number of ether oxygens (including phenoxy) is 1. The van der Waals surface area contributed by atoms with E-state index in [4.69, 9.17) is 4.74 Å². The lowest BCUT2D eigenvalue weighted by Crippen LogP contribution is -2.33. The lowest BCUT2D eigenvalue weighted by Gasteiger charge is -2.26. The third kappa shape index (κ3) is 6.57. The van der Waals surface area contributed by atoms with Crippen LogP contribution < -0.4 is 10.1 Å². The summed E-state index contributed by atoms with van der Waals surface area (Å²) in [6.07, 6.45) is 3.96. The smallest absolute Gasteiger partial charge is 0.234 e. The Labute approximate surface area is 172 Å². The molecule has 0 unspecified atom stereocenters. The van der Waals surface area contributed by atoms with Gasteiger partial charge in [-0.2, -0.15) is 0 Å². The van der Waals surface area contributed by atoms with Crippen LogP contribution in [0.4, 0.5) is 5.69 Å². The summed E-state index contributed by atoms with van der Waals surface area (Å²) in [4.78, 5) is 15.9. The van der Waals surface area contributed by atoms with Crippen LogP contribution in [0, 0.1) is 13.8 Å². The largest absolute Gasteiger partial charge is 0.492 e. The van der Waals surface area contributed by atoms with E-state index in [0.717, 1.165) is 22.9 Å². The molecule has 1 aliphatic rings. The van der Waals surface area contributed by atoms with Gasteiger partial charge in [-0.15, -0.1) is 11.8 Å². The number of benzene rings is 2. The Morgan fingerprint density at radius 1 is 1.07 bits per heavy atom. The lowest BCUT2D eigenvalue weighted by atomic mass is 10.1. The Balaban J connectivity index is 1.40. The van der Waals surface area contributed by atoms with Crippen LogP contribution in [0.2, 0.25) is 0 Å². The number of anilines is 1. The summed E-state index contributed by atoms with van der Waals surface area (Å²) >= 11 is 1.57. The maximum absolute atomic E-state index is 12.2. The van der Waals surface area contributed by atoms with Crippen molar-refractivity contribution in [3.8, 4) is 5.75 Å². The summed E-state index contributed by atoms with van der Waals surface area (Å²) in [5, 5.41) is 2.96. The molecule has 0 spiro atoms. The standard InChI is InChI=1S/C23H30N2O2S/c1-18-6-7-19(2)22(16-18)28-17-23(26)24-20-8-10-21(11-9-20)27-15-14-25-12-4-3-5-13-25/h6-11,16H,3-5,12-15,17H2,1-2H3,(H,24,26). The molecular weight excluding hydrogens is 368 g/mol. The van der Waals surface area contributed by atoms with Crippen LogP contribution in [0.1, 0.15) is 30.4 Å². The third-order valence-corrected chi connectivity index (χ3v) is 6.12. The molecule has 1 fully saturated rings. The zero-order valence-electron chi connectivity index (χ0n) is 16.9. The topological polar surface area (TPSA) is 41.6 Å². The highest BCUT2D eigenvalue weighted by Crippen LogP contribution is 2.24. The summed E-state index contributed by atoms with van der Waals surface area (Å²) in [7, 11) is 0. The van der Waals surface area contributed by atoms with E-state index in [1.54, 1.807) is 11.8 Å². The average Bonchev–Trinajstić information content (AvgIpc) is 2.71. The van der Waals surface area contributed by atoms with Crippen molar-refractivity contribution in [3.05, 3.63) is 53.6 Å². The van der Waals surface area contributed by atoms with E-state index in [1.807, 2.05) is 24.3 Å². The van der Waals surface area contributed by atoms with Gasteiger partial charge in [0, 0.05) is 17.1 Å². The summed E-state index contributed by atoms with van der Waals surface area (Å²) in [6.45, 7) is 8.21. The lowest BCUT2D eigenvalue weighted by molar-refractivity contribution is -0.113. The molecule has 1 saturated heterocycles. The van der Waals surface area contributed by atoms with Gasteiger partial charge in [0.25, 0.3) is 0 Å². The summed E-state index contributed by atoms with van der Waals surface area (Å²) in [5.41, 5.74) is 3.22. The van der Waals surface area contributed by atoms with Gasteiger partial charge >= 0.3 is 0 Å². The molecule has 0 saturated carbocycles. The molecular formula is C23H30N2O2S. The Morgan fingerprint density at radius 2 is 1.82 bits per heavy atom. The van der Waals surface area contributed by atoms with Gasteiger partial charge in [0.05, 0.1) is 5.75 Å². The van der Waals surface area contributed by atoms with Crippen molar-refractivity contribution >= 4 is 23.4 Å². The van der Waals surface area contributed by atoms with Gasteiger partial charge in [0.1, 0.15) is 12.4 Å². The molecule has 28 heavy (non-hydrogen) atoms. The van der Waals surface area contributed by atoms with Gasteiger partial charge in [-0.25, -0.2) is 0 Å². The summed E-state index contributed by atoms with van der Waals surface area (Å²) < 4.78 is 5.84. The van der Waals surface area contributed by atoms with E-state index in [9.17, 15) is 4.79 Å². The molecule has 0 aliphatic carbocycles. The fourth-order valence-electron chi connectivity index (χ4n) is 3.31. The first kappa shape index (κ1) is 20.7. The van der Waals surface area contributed by atoms with Gasteiger partial charge in [0.15, 0.2) is 0 Å². The molecule has 150 valence electrons. The molecule has 1 N–H and O–H groups in total. The number of nitrogens with one attached hydrogen (secondary N) is 1. The van der Waals surface area contributed by atoms with Crippen LogP contribution in [-0.4, -0.2) is 42.8 Å². The van der Waals surface area contributed by atoms with Crippen molar-refractivity contribution in [2.24, 2.45) is 0 Å². The number of hydrogen-bond acceptors (Lipinski definition) is 4. The highest BCUT2D eigenvalue weighted by molar-refractivity contribution is 8.00. The zero-order chi connectivity index (χ0) is 19.8. The quantitative estimate of drug-likeness (QED) is 0.642. The molecule has 0 aromatic heterocycles. The van der Waals surface area contributed by atoms with Gasteiger partial charge in [-0.3, -0.25) is 9.69 Å². The van der Waals surface area contributed by atoms with Crippen LogP contribution in [0.3, 0.4) is 0 Å². The fourth-order valence-corrected chi connectivity index (χ4v) is 4.24. The maximum atomic E-state index is 12.2. The molecule has 4 nitrogen and oxygen atoms in total. The minimum absolute atomic E-state index is 0.00433. The highest BCUT2D eigenvalue weighted by atomic mass is 32.2. The second-order valence-electron chi connectivity index (χ2n) is 7.38. The number of rotatable bonds is 8. The predicted octanol–water partition coefficient (Wildman–Crippen LogP) is 4.90. The number of amides is 1. The van der Waals surface area contributed by atoms with Crippen molar-refractivity contribution in [2.75, 3.05) is 37.3 Å². The number of aryl methyl sites for hydroxylation is 2.